The van der Waals surface area contributed by atoms with Gasteiger partial charge in [-0.15, -0.1) is 0 Å². The Kier molecular flexibility index (Phi) is 6.33. The second-order valence-electron chi connectivity index (χ2n) is 5.98. The molecule has 0 atom stereocenters. The quantitative estimate of drug-likeness (QED) is 0.645. The monoisotopic (exact) mass is 389 g/mol. The molecule has 0 aromatic heterocycles. The van der Waals surface area contributed by atoms with Gasteiger partial charge in [0.05, 0.1) is 11.2 Å². The van der Waals surface area contributed by atoms with Crippen molar-refractivity contribution >= 4 is 25.8 Å². The fourth-order valence-corrected chi connectivity index (χ4v) is 4.42. The smallest absolute Gasteiger partial charge is 0.240 e. The second-order valence-corrected chi connectivity index (χ2v) is 9.73. The number of ketones is 1. The van der Waals surface area contributed by atoms with Gasteiger partial charge in [-0.05, 0) is 19.1 Å². The number of nitrogens with zero attached hydrogens (tertiary/aromatic N) is 2. The van der Waals surface area contributed by atoms with Gasteiger partial charge >= 0.3 is 0 Å². The molecular weight excluding hydrogens is 366 g/mol. The highest BCUT2D eigenvalue weighted by atomic mass is 32.2. The maximum atomic E-state index is 12.2. The van der Waals surface area contributed by atoms with Crippen molar-refractivity contribution in [2.45, 2.75) is 11.8 Å². The summed E-state index contributed by atoms with van der Waals surface area (Å²) in [5.74, 6) is -0.120. The van der Waals surface area contributed by atoms with Crippen LogP contribution in [0.1, 0.15) is 17.3 Å². The number of Topliss-reactive ketones (excluding diaryl/α,β-unsaturated/α-hetero) is 1. The summed E-state index contributed by atoms with van der Waals surface area (Å²) in [4.78, 5) is 13.4. The molecule has 1 aromatic carbocycles. The van der Waals surface area contributed by atoms with Crippen LogP contribution in [0.25, 0.3) is 0 Å². The Morgan fingerprint density at radius 2 is 1.60 bits per heavy atom. The van der Waals surface area contributed by atoms with Crippen molar-refractivity contribution in [2.75, 3.05) is 45.5 Å². The van der Waals surface area contributed by atoms with E-state index in [1.165, 1.54) is 41.8 Å². The molecule has 0 radical (unpaired) electrons. The highest BCUT2D eigenvalue weighted by molar-refractivity contribution is 7.89. The van der Waals surface area contributed by atoms with Crippen LogP contribution in [0.5, 0.6) is 0 Å². The van der Waals surface area contributed by atoms with Crippen LogP contribution in [0.2, 0.25) is 0 Å². The topological polar surface area (TPSA) is 104 Å². The molecule has 140 valence electrons. The third kappa shape index (κ3) is 5.58. The molecular formula is C15H23N3O5S2. The average Bonchev–Trinajstić information content (AvgIpc) is 2.54. The molecule has 25 heavy (non-hydrogen) atoms. The van der Waals surface area contributed by atoms with E-state index in [-0.39, 0.29) is 17.2 Å². The van der Waals surface area contributed by atoms with E-state index >= 15 is 0 Å². The number of nitrogens with one attached hydrogen (secondary N) is 1. The molecule has 0 bridgehead atoms. The summed E-state index contributed by atoms with van der Waals surface area (Å²) in [7, 11) is -6.80. The lowest BCUT2D eigenvalue weighted by molar-refractivity contribution is 0.101. The van der Waals surface area contributed by atoms with Gasteiger partial charge in [0.15, 0.2) is 5.78 Å². The zero-order valence-electron chi connectivity index (χ0n) is 14.3. The van der Waals surface area contributed by atoms with E-state index in [1.54, 1.807) is 0 Å². The van der Waals surface area contributed by atoms with Crippen molar-refractivity contribution in [3.8, 4) is 0 Å². The largest absolute Gasteiger partial charge is 0.299 e. The summed E-state index contributed by atoms with van der Waals surface area (Å²) in [6.07, 6.45) is 1.19. The molecule has 0 saturated carbocycles. The molecule has 0 unspecified atom stereocenters. The molecule has 1 saturated heterocycles. The van der Waals surface area contributed by atoms with Crippen molar-refractivity contribution in [1.29, 1.82) is 0 Å². The van der Waals surface area contributed by atoms with Crippen LogP contribution in [0.15, 0.2) is 29.2 Å². The van der Waals surface area contributed by atoms with Crippen LogP contribution in [0.4, 0.5) is 0 Å². The average molecular weight is 389 g/mol. The van der Waals surface area contributed by atoms with Crippen molar-refractivity contribution in [3.05, 3.63) is 29.8 Å². The zero-order valence-corrected chi connectivity index (χ0v) is 15.9. The van der Waals surface area contributed by atoms with Crippen LogP contribution in [-0.2, 0) is 20.0 Å². The number of piperazine rings is 1. The molecule has 1 fully saturated rings. The summed E-state index contributed by atoms with van der Waals surface area (Å²) in [5, 5.41) is 0. The van der Waals surface area contributed by atoms with Gasteiger partial charge in [0.25, 0.3) is 0 Å². The van der Waals surface area contributed by atoms with Gasteiger partial charge in [0, 0.05) is 44.8 Å². The van der Waals surface area contributed by atoms with Gasteiger partial charge in [-0.2, -0.15) is 4.31 Å². The first-order chi connectivity index (χ1) is 11.6. The maximum absolute atomic E-state index is 12.2. The molecule has 2 rings (SSSR count). The van der Waals surface area contributed by atoms with Crippen molar-refractivity contribution < 1.29 is 21.6 Å². The van der Waals surface area contributed by atoms with Crippen molar-refractivity contribution in [2.24, 2.45) is 0 Å². The van der Waals surface area contributed by atoms with E-state index in [0.29, 0.717) is 38.3 Å². The normalized spacial score (nSPS) is 17.5. The molecule has 1 heterocycles. The zero-order chi connectivity index (χ0) is 18.7. The second kappa shape index (κ2) is 7.92. The predicted molar refractivity (Wildman–Crippen MR) is 94.5 cm³/mol. The van der Waals surface area contributed by atoms with Gasteiger partial charge < -0.3 is 0 Å². The lowest BCUT2D eigenvalue weighted by Crippen LogP contribution is -2.49. The van der Waals surface area contributed by atoms with Gasteiger partial charge in [-0.25, -0.2) is 21.6 Å². The standard InChI is InChI=1S/C15H23N3O5S2/c1-13(19)14-3-5-15(6-4-14)25(22,23)16-7-8-17-9-11-18(12-10-17)24(2,20)21/h3-6,16H,7-12H2,1-2H3. The summed E-state index contributed by atoms with van der Waals surface area (Å²) < 4.78 is 51.3. The van der Waals surface area contributed by atoms with E-state index in [9.17, 15) is 21.6 Å². The Morgan fingerprint density at radius 3 is 2.08 bits per heavy atom. The number of rotatable bonds is 7. The van der Waals surface area contributed by atoms with Gasteiger partial charge in [-0.1, -0.05) is 12.1 Å². The minimum absolute atomic E-state index is 0.111. The van der Waals surface area contributed by atoms with E-state index in [2.05, 4.69) is 4.72 Å². The fraction of sp³-hybridized carbons (Fsp3) is 0.533. The molecule has 1 aliphatic rings. The highest BCUT2D eigenvalue weighted by Crippen LogP contribution is 2.11. The highest BCUT2D eigenvalue weighted by Gasteiger charge is 2.23. The minimum atomic E-state index is -3.63. The molecule has 10 heteroatoms. The minimum Gasteiger partial charge on any atom is -0.299 e. The Morgan fingerprint density at radius 1 is 1.04 bits per heavy atom. The SMILES string of the molecule is CC(=O)c1ccc(S(=O)(=O)NCCN2CCN(S(C)(=O)=O)CC2)cc1. The summed E-state index contributed by atoms with van der Waals surface area (Å²) in [6, 6.07) is 5.79. The van der Waals surface area contributed by atoms with E-state index < -0.39 is 20.0 Å². The summed E-state index contributed by atoms with van der Waals surface area (Å²) in [6.45, 7) is 4.13. The third-order valence-electron chi connectivity index (χ3n) is 4.09. The first-order valence-corrected chi connectivity index (χ1v) is 11.2. The Bertz CT molecular complexity index is 811. The van der Waals surface area contributed by atoms with E-state index in [0.717, 1.165) is 0 Å². The number of carbonyl (C=O) groups is 1. The molecule has 8 nitrogen and oxygen atoms in total. The van der Waals surface area contributed by atoms with Crippen LogP contribution < -0.4 is 4.72 Å². The van der Waals surface area contributed by atoms with E-state index in [4.69, 9.17) is 0 Å². The van der Waals surface area contributed by atoms with E-state index in [1.807, 2.05) is 4.90 Å². The summed E-state index contributed by atoms with van der Waals surface area (Å²) >= 11 is 0. The number of hydrogen-bond donors (Lipinski definition) is 1. The number of sulfonamides is 2. The van der Waals surface area contributed by atoms with Gasteiger partial charge in [-0.3, -0.25) is 9.69 Å². The third-order valence-corrected chi connectivity index (χ3v) is 6.87. The lowest BCUT2D eigenvalue weighted by Gasteiger charge is -2.33. The number of carbonyl (C=O) groups excluding carboxylic acids is 1. The first kappa shape index (κ1) is 20.0. The molecule has 0 aliphatic carbocycles. The molecule has 0 spiro atoms. The molecule has 1 aliphatic heterocycles. The van der Waals surface area contributed by atoms with Crippen molar-refractivity contribution in [3.63, 3.8) is 0 Å². The Balaban J connectivity index is 1.84. The fourth-order valence-electron chi connectivity index (χ4n) is 2.58. The summed E-state index contributed by atoms with van der Waals surface area (Å²) in [5.41, 5.74) is 0.461. The lowest BCUT2D eigenvalue weighted by atomic mass is 10.2. The number of benzene rings is 1. The van der Waals surface area contributed by atoms with Crippen LogP contribution >= 0.6 is 0 Å². The number of hydrogen-bond acceptors (Lipinski definition) is 6. The van der Waals surface area contributed by atoms with Gasteiger partial charge in [0.2, 0.25) is 20.0 Å². The Labute approximate surface area is 148 Å². The molecule has 1 N–H and O–H groups in total. The van der Waals surface area contributed by atoms with Crippen LogP contribution in [0.3, 0.4) is 0 Å². The molecule has 1 aromatic rings. The van der Waals surface area contributed by atoms with Crippen LogP contribution in [-0.4, -0.2) is 77.3 Å². The first-order valence-electron chi connectivity index (χ1n) is 7.88. The maximum Gasteiger partial charge on any atom is 0.240 e. The molecule has 0 amide bonds. The predicted octanol–water partition coefficient (Wildman–Crippen LogP) is -0.255. The van der Waals surface area contributed by atoms with Crippen LogP contribution in [0, 0.1) is 0 Å². The Hall–Kier alpha value is -1.33. The van der Waals surface area contributed by atoms with Crippen molar-refractivity contribution in [1.82, 2.24) is 13.9 Å². The van der Waals surface area contributed by atoms with Gasteiger partial charge in [0.1, 0.15) is 0 Å².